The number of aryl methyl sites for hydroxylation is 1. The van der Waals surface area contributed by atoms with Gasteiger partial charge < -0.3 is 9.80 Å². The van der Waals surface area contributed by atoms with Crippen LogP contribution in [-0.4, -0.2) is 28.4 Å². The molecule has 3 aromatic rings. The van der Waals surface area contributed by atoms with Gasteiger partial charge in [0.15, 0.2) is 5.82 Å². The van der Waals surface area contributed by atoms with Gasteiger partial charge in [0, 0.05) is 24.1 Å². The molecule has 1 aromatic carbocycles. The SMILES string of the molecule is CC(C)c1cc(CCCCCN2CN(c3ccccc3)c3ncccc32)[nH]n1. The van der Waals surface area contributed by atoms with Crippen LogP contribution in [0.4, 0.5) is 17.2 Å². The molecule has 0 saturated heterocycles. The molecule has 2 aromatic heterocycles. The van der Waals surface area contributed by atoms with Crippen molar-refractivity contribution in [1.82, 2.24) is 15.2 Å². The first kappa shape index (κ1) is 18.5. The summed E-state index contributed by atoms with van der Waals surface area (Å²) < 4.78 is 0. The van der Waals surface area contributed by atoms with E-state index in [1.165, 1.54) is 36.3 Å². The van der Waals surface area contributed by atoms with Gasteiger partial charge in [-0.15, -0.1) is 0 Å². The number of rotatable bonds is 8. The van der Waals surface area contributed by atoms with Gasteiger partial charge in [-0.1, -0.05) is 38.5 Å². The number of pyridine rings is 1. The minimum Gasteiger partial charge on any atom is -0.350 e. The van der Waals surface area contributed by atoms with Crippen molar-refractivity contribution in [2.75, 3.05) is 23.0 Å². The average molecular weight is 376 g/mol. The van der Waals surface area contributed by atoms with Crippen LogP contribution >= 0.6 is 0 Å². The molecule has 1 aliphatic rings. The molecule has 0 aliphatic carbocycles. The highest BCUT2D eigenvalue weighted by Crippen LogP contribution is 2.38. The third-order valence-corrected chi connectivity index (χ3v) is 5.36. The molecule has 0 fully saturated rings. The van der Waals surface area contributed by atoms with E-state index < -0.39 is 0 Å². The van der Waals surface area contributed by atoms with Gasteiger partial charge in [0.05, 0.1) is 18.1 Å². The lowest BCUT2D eigenvalue weighted by Gasteiger charge is -2.21. The van der Waals surface area contributed by atoms with Gasteiger partial charge in [0.1, 0.15) is 0 Å². The first-order valence-electron chi connectivity index (χ1n) is 10.3. The highest BCUT2D eigenvalue weighted by molar-refractivity contribution is 5.78. The zero-order valence-electron chi connectivity index (χ0n) is 16.8. The third-order valence-electron chi connectivity index (χ3n) is 5.36. The van der Waals surface area contributed by atoms with E-state index in [0.29, 0.717) is 5.92 Å². The Labute approximate surface area is 167 Å². The Kier molecular flexibility index (Phi) is 5.60. The number of nitrogens with one attached hydrogen (secondary N) is 1. The minimum absolute atomic E-state index is 0.487. The van der Waals surface area contributed by atoms with Gasteiger partial charge in [-0.3, -0.25) is 5.10 Å². The molecule has 146 valence electrons. The van der Waals surface area contributed by atoms with E-state index in [2.05, 4.69) is 81.3 Å². The molecule has 28 heavy (non-hydrogen) atoms. The number of fused-ring (bicyclic) bond motifs is 1. The van der Waals surface area contributed by atoms with E-state index in [4.69, 9.17) is 0 Å². The minimum atomic E-state index is 0.487. The Balaban J connectivity index is 1.30. The number of nitrogens with zero attached hydrogens (tertiary/aromatic N) is 4. The molecule has 0 unspecified atom stereocenters. The van der Waals surface area contributed by atoms with Crippen LogP contribution in [0.3, 0.4) is 0 Å². The summed E-state index contributed by atoms with van der Waals surface area (Å²) in [7, 11) is 0. The molecule has 0 atom stereocenters. The number of H-pyrrole nitrogens is 1. The molecule has 0 spiro atoms. The van der Waals surface area contributed by atoms with Crippen molar-refractivity contribution in [3.8, 4) is 0 Å². The summed E-state index contributed by atoms with van der Waals surface area (Å²) in [5.74, 6) is 1.55. The molecule has 4 rings (SSSR count). The maximum atomic E-state index is 4.64. The van der Waals surface area contributed by atoms with Gasteiger partial charge >= 0.3 is 0 Å². The van der Waals surface area contributed by atoms with Crippen molar-refractivity contribution in [3.05, 3.63) is 66.1 Å². The molecule has 5 nitrogen and oxygen atoms in total. The first-order chi connectivity index (χ1) is 13.7. The molecule has 0 radical (unpaired) electrons. The van der Waals surface area contributed by atoms with Gasteiger partial charge in [0.2, 0.25) is 0 Å². The Morgan fingerprint density at radius 2 is 1.89 bits per heavy atom. The lowest BCUT2D eigenvalue weighted by Crippen LogP contribution is -2.28. The average Bonchev–Trinajstić information content (AvgIpc) is 3.34. The summed E-state index contributed by atoms with van der Waals surface area (Å²) in [6.07, 6.45) is 6.55. The number of hydrogen-bond acceptors (Lipinski definition) is 4. The second kappa shape index (κ2) is 8.46. The maximum absolute atomic E-state index is 4.64. The van der Waals surface area contributed by atoms with Crippen LogP contribution in [0.25, 0.3) is 0 Å². The quantitative estimate of drug-likeness (QED) is 0.546. The van der Waals surface area contributed by atoms with Gasteiger partial charge in [-0.05, 0) is 55.5 Å². The Bertz CT molecular complexity index is 887. The molecule has 0 amide bonds. The number of para-hydroxylation sites is 1. The third kappa shape index (κ3) is 4.03. The maximum Gasteiger partial charge on any atom is 0.158 e. The normalized spacial score (nSPS) is 13.4. The van der Waals surface area contributed by atoms with Crippen LogP contribution < -0.4 is 9.80 Å². The van der Waals surface area contributed by atoms with Crippen molar-refractivity contribution in [2.24, 2.45) is 0 Å². The van der Waals surface area contributed by atoms with Crippen molar-refractivity contribution in [2.45, 2.75) is 45.4 Å². The Hall–Kier alpha value is -2.82. The number of aromatic amines is 1. The van der Waals surface area contributed by atoms with E-state index >= 15 is 0 Å². The molecule has 5 heteroatoms. The van der Waals surface area contributed by atoms with Crippen molar-refractivity contribution in [3.63, 3.8) is 0 Å². The van der Waals surface area contributed by atoms with Crippen LogP contribution in [-0.2, 0) is 6.42 Å². The highest BCUT2D eigenvalue weighted by atomic mass is 15.4. The van der Waals surface area contributed by atoms with E-state index in [9.17, 15) is 0 Å². The summed E-state index contributed by atoms with van der Waals surface area (Å²) in [5.41, 5.74) is 4.86. The predicted molar refractivity (Wildman–Crippen MR) is 115 cm³/mol. The molecule has 1 N–H and O–H groups in total. The largest absolute Gasteiger partial charge is 0.350 e. The van der Waals surface area contributed by atoms with E-state index in [1.54, 1.807) is 0 Å². The van der Waals surface area contributed by atoms with Crippen LogP contribution in [0.5, 0.6) is 0 Å². The second-order valence-corrected chi connectivity index (χ2v) is 7.80. The topological polar surface area (TPSA) is 48.0 Å². The fourth-order valence-corrected chi connectivity index (χ4v) is 3.76. The Morgan fingerprint density at radius 3 is 2.68 bits per heavy atom. The fourth-order valence-electron chi connectivity index (χ4n) is 3.76. The number of benzene rings is 1. The van der Waals surface area contributed by atoms with Gasteiger partial charge in [-0.25, -0.2) is 4.98 Å². The Morgan fingerprint density at radius 1 is 1.04 bits per heavy atom. The summed E-state index contributed by atoms with van der Waals surface area (Å²) in [6.45, 7) is 6.29. The molecule has 1 aliphatic heterocycles. The molecular formula is C23H29N5. The summed E-state index contributed by atoms with van der Waals surface area (Å²) in [5, 5.41) is 7.57. The number of unbranched alkanes of at least 4 members (excludes halogenated alkanes) is 2. The monoisotopic (exact) mass is 375 g/mol. The van der Waals surface area contributed by atoms with Gasteiger partial charge in [-0.2, -0.15) is 5.10 Å². The lowest BCUT2D eigenvalue weighted by molar-refractivity contribution is 0.654. The first-order valence-corrected chi connectivity index (χ1v) is 10.3. The molecule has 0 bridgehead atoms. The van der Waals surface area contributed by atoms with Crippen molar-refractivity contribution >= 4 is 17.2 Å². The van der Waals surface area contributed by atoms with Crippen LogP contribution in [0.1, 0.15) is 50.4 Å². The summed E-state index contributed by atoms with van der Waals surface area (Å²) >= 11 is 0. The second-order valence-electron chi connectivity index (χ2n) is 7.80. The summed E-state index contributed by atoms with van der Waals surface area (Å²) in [6, 6.07) is 17.0. The highest BCUT2D eigenvalue weighted by Gasteiger charge is 2.27. The van der Waals surface area contributed by atoms with Crippen LogP contribution in [0.2, 0.25) is 0 Å². The van der Waals surface area contributed by atoms with Crippen molar-refractivity contribution < 1.29 is 0 Å². The number of hydrogen-bond donors (Lipinski definition) is 1. The predicted octanol–water partition coefficient (Wildman–Crippen LogP) is 5.26. The molecular weight excluding hydrogens is 346 g/mol. The van der Waals surface area contributed by atoms with Crippen molar-refractivity contribution in [1.29, 1.82) is 0 Å². The van der Waals surface area contributed by atoms with E-state index in [0.717, 1.165) is 31.1 Å². The fraction of sp³-hybridized carbons (Fsp3) is 0.391. The standard InChI is InChI=1S/C23H29N5/c1-18(2)21-16-19(25-26-21)10-5-4-8-15-27-17-28(20-11-6-3-7-12-20)23-22(27)13-9-14-24-23/h3,6-7,9,11-14,16,18H,4-5,8,10,15,17H2,1-2H3,(H,25,26). The molecule has 3 heterocycles. The van der Waals surface area contributed by atoms with Crippen LogP contribution in [0, 0.1) is 0 Å². The smallest absolute Gasteiger partial charge is 0.158 e. The van der Waals surface area contributed by atoms with Gasteiger partial charge in [0.25, 0.3) is 0 Å². The zero-order valence-corrected chi connectivity index (χ0v) is 16.8. The lowest BCUT2D eigenvalue weighted by atomic mass is 10.1. The van der Waals surface area contributed by atoms with E-state index in [-0.39, 0.29) is 0 Å². The number of aromatic nitrogens is 3. The van der Waals surface area contributed by atoms with E-state index in [1.807, 2.05) is 12.3 Å². The zero-order chi connectivity index (χ0) is 19.3. The molecule has 0 saturated carbocycles. The number of anilines is 3. The summed E-state index contributed by atoms with van der Waals surface area (Å²) in [4.78, 5) is 9.39. The van der Waals surface area contributed by atoms with Crippen LogP contribution in [0.15, 0.2) is 54.7 Å².